The molecule has 0 N–H and O–H groups in total. The van der Waals surface area contributed by atoms with Crippen LogP contribution in [0.5, 0.6) is 5.75 Å². The van der Waals surface area contributed by atoms with Gasteiger partial charge in [-0.15, -0.1) is 0 Å². The highest BCUT2D eigenvalue weighted by atomic mass is 35.5. The third-order valence-electron chi connectivity index (χ3n) is 5.22. The third-order valence-corrected chi connectivity index (χ3v) is 5.62. The maximum atomic E-state index is 11.8. The molecule has 2 aromatic rings. The molecule has 0 amide bonds. The minimum absolute atomic E-state index is 0.00413. The van der Waals surface area contributed by atoms with Gasteiger partial charge in [0.2, 0.25) is 0 Å². The van der Waals surface area contributed by atoms with Gasteiger partial charge in [-0.3, -0.25) is 19.5 Å². The number of dihydropyridines is 1. The molecule has 0 unspecified atom stereocenters. The van der Waals surface area contributed by atoms with Gasteiger partial charge in [-0.2, -0.15) is 5.10 Å². The molecule has 1 saturated heterocycles. The highest BCUT2D eigenvalue weighted by Gasteiger charge is 2.29. The van der Waals surface area contributed by atoms with Gasteiger partial charge in [0.25, 0.3) is 0 Å². The summed E-state index contributed by atoms with van der Waals surface area (Å²) in [4.78, 5) is 22.3. The van der Waals surface area contributed by atoms with Gasteiger partial charge in [-0.05, 0) is 19.9 Å². The van der Waals surface area contributed by atoms with Crippen molar-refractivity contribution >= 4 is 23.6 Å². The summed E-state index contributed by atoms with van der Waals surface area (Å²) in [7, 11) is 1.94. The molecule has 146 valence electrons. The van der Waals surface area contributed by atoms with Crippen LogP contribution in [-0.4, -0.2) is 57.4 Å². The normalized spacial score (nSPS) is 19.6. The van der Waals surface area contributed by atoms with E-state index in [9.17, 15) is 4.79 Å². The van der Waals surface area contributed by atoms with E-state index < -0.39 is 0 Å². The zero-order valence-corrected chi connectivity index (χ0v) is 16.9. The molecule has 4 rings (SSSR count). The molecule has 0 spiro atoms. The zero-order valence-electron chi connectivity index (χ0n) is 16.1. The maximum Gasteiger partial charge on any atom is 0.197 e. The van der Waals surface area contributed by atoms with E-state index in [0.717, 1.165) is 41.2 Å². The number of pyridine rings is 1. The number of halogens is 1. The summed E-state index contributed by atoms with van der Waals surface area (Å²) in [5.74, 6) is 0.586. The van der Waals surface area contributed by atoms with Crippen LogP contribution in [0.2, 0.25) is 0 Å². The van der Waals surface area contributed by atoms with E-state index in [-0.39, 0.29) is 23.5 Å². The molecule has 2 aliphatic heterocycles. The highest BCUT2D eigenvalue weighted by molar-refractivity contribution is 6.44. The number of rotatable bonds is 4. The Bertz CT molecular complexity index is 994. The van der Waals surface area contributed by atoms with Crippen LogP contribution in [0.4, 0.5) is 0 Å². The van der Waals surface area contributed by atoms with E-state index in [1.165, 1.54) is 0 Å². The van der Waals surface area contributed by atoms with Crippen molar-refractivity contribution in [3.05, 3.63) is 40.6 Å². The van der Waals surface area contributed by atoms with Gasteiger partial charge in [-0.25, -0.2) is 0 Å². The molecule has 1 atom stereocenters. The molecular formula is C20H22ClN5O2. The van der Waals surface area contributed by atoms with Gasteiger partial charge in [0.1, 0.15) is 23.4 Å². The summed E-state index contributed by atoms with van der Waals surface area (Å²) in [6, 6.07) is 2.00. The topological polar surface area (TPSA) is 72.6 Å². The predicted molar refractivity (Wildman–Crippen MR) is 108 cm³/mol. The maximum absolute atomic E-state index is 11.8. The molecule has 0 bridgehead atoms. The van der Waals surface area contributed by atoms with E-state index in [1.807, 2.05) is 37.8 Å². The summed E-state index contributed by atoms with van der Waals surface area (Å²) in [6.07, 6.45) is 6.08. The van der Waals surface area contributed by atoms with Gasteiger partial charge < -0.3 is 9.64 Å². The molecule has 0 radical (unpaired) electrons. The average molecular weight is 400 g/mol. The van der Waals surface area contributed by atoms with E-state index in [4.69, 9.17) is 16.3 Å². The lowest BCUT2D eigenvalue weighted by molar-refractivity contribution is -0.113. The van der Waals surface area contributed by atoms with Gasteiger partial charge in [0, 0.05) is 49.2 Å². The molecule has 8 heteroatoms. The largest absolute Gasteiger partial charge is 0.487 e. The van der Waals surface area contributed by atoms with Crippen LogP contribution in [0, 0.1) is 13.8 Å². The number of ether oxygens (including phenoxy) is 1. The fourth-order valence-electron chi connectivity index (χ4n) is 3.75. The molecule has 1 fully saturated rings. The first-order valence-electron chi connectivity index (χ1n) is 9.24. The smallest absolute Gasteiger partial charge is 0.197 e. The number of aryl methyl sites for hydroxylation is 2. The Morgan fingerprint density at radius 3 is 2.86 bits per heavy atom. The van der Waals surface area contributed by atoms with Gasteiger partial charge in [0.15, 0.2) is 5.78 Å². The number of Topliss-reactive ketones (excluding diaryl/α,β-unsaturated/α-hetero) is 1. The number of carbonyl (C=O) groups excluding carboxylic acids is 1. The molecule has 2 aliphatic rings. The standard InChI is InChI=1S/C20H22ClN5O2/c1-12-19(13(2)25(3)24-12)14-6-16(8-22-7-14)28-15-4-5-26(11-15)17-9-23-10-18(27)20(17)21/h6-9,15H,4-5,10-11H2,1-3H3/t15-/m1/s1. The molecule has 0 saturated carbocycles. The molecule has 0 aromatic carbocycles. The van der Waals surface area contributed by atoms with Crippen molar-refractivity contribution in [1.82, 2.24) is 19.7 Å². The molecule has 28 heavy (non-hydrogen) atoms. The number of ketones is 1. The fourth-order valence-corrected chi connectivity index (χ4v) is 3.98. The minimum atomic E-state index is -0.136. The first kappa shape index (κ1) is 18.7. The van der Waals surface area contributed by atoms with Crippen LogP contribution in [0.3, 0.4) is 0 Å². The van der Waals surface area contributed by atoms with Crippen LogP contribution < -0.4 is 4.74 Å². The highest BCUT2D eigenvalue weighted by Crippen LogP contribution is 2.30. The first-order valence-corrected chi connectivity index (χ1v) is 9.62. The number of nitrogens with zero attached hydrogens (tertiary/aromatic N) is 5. The molecule has 2 aromatic heterocycles. The number of hydrogen-bond donors (Lipinski definition) is 0. The predicted octanol–water partition coefficient (Wildman–Crippen LogP) is 2.66. The van der Waals surface area contributed by atoms with E-state index in [0.29, 0.717) is 12.2 Å². The average Bonchev–Trinajstić information content (AvgIpc) is 3.22. The van der Waals surface area contributed by atoms with Crippen molar-refractivity contribution in [2.75, 3.05) is 19.6 Å². The minimum Gasteiger partial charge on any atom is -0.487 e. The van der Waals surface area contributed by atoms with Crippen molar-refractivity contribution < 1.29 is 9.53 Å². The Hall–Kier alpha value is -2.67. The van der Waals surface area contributed by atoms with Crippen LogP contribution in [0.25, 0.3) is 11.1 Å². The quantitative estimate of drug-likeness (QED) is 0.790. The number of allylic oxidation sites excluding steroid dienone is 1. The van der Waals surface area contributed by atoms with E-state index in [2.05, 4.69) is 20.0 Å². The van der Waals surface area contributed by atoms with E-state index in [1.54, 1.807) is 12.4 Å². The van der Waals surface area contributed by atoms with Crippen molar-refractivity contribution in [1.29, 1.82) is 0 Å². The van der Waals surface area contributed by atoms with Crippen LogP contribution in [0.15, 0.2) is 34.2 Å². The summed E-state index contributed by atoms with van der Waals surface area (Å²) in [6.45, 7) is 5.59. The zero-order chi connectivity index (χ0) is 19.8. The number of hydrogen-bond acceptors (Lipinski definition) is 6. The molecule has 4 heterocycles. The van der Waals surface area contributed by atoms with Crippen LogP contribution >= 0.6 is 11.6 Å². The van der Waals surface area contributed by atoms with Gasteiger partial charge >= 0.3 is 0 Å². The second kappa shape index (κ2) is 7.39. The lowest BCUT2D eigenvalue weighted by Gasteiger charge is -2.22. The first-order chi connectivity index (χ1) is 13.4. The van der Waals surface area contributed by atoms with Gasteiger partial charge in [0.05, 0.1) is 24.1 Å². The van der Waals surface area contributed by atoms with Gasteiger partial charge in [-0.1, -0.05) is 11.6 Å². The van der Waals surface area contributed by atoms with Crippen molar-refractivity contribution in [3.63, 3.8) is 0 Å². The summed E-state index contributed by atoms with van der Waals surface area (Å²) in [5.41, 5.74) is 4.83. The molecule has 0 aliphatic carbocycles. The third kappa shape index (κ3) is 3.42. The van der Waals surface area contributed by atoms with Crippen molar-refractivity contribution in [3.8, 4) is 16.9 Å². The number of aromatic nitrogens is 3. The SMILES string of the molecule is Cc1nn(C)c(C)c1-c1cncc(O[C@@H]2CCN(C3=C(Cl)C(=O)CN=C3)C2)c1. The Kier molecular flexibility index (Phi) is 4.93. The monoisotopic (exact) mass is 399 g/mol. The number of aliphatic imine (C=N–C) groups is 1. The fraction of sp³-hybridized carbons (Fsp3) is 0.400. The summed E-state index contributed by atoms with van der Waals surface area (Å²) >= 11 is 6.18. The number of carbonyl (C=O) groups is 1. The second-order valence-electron chi connectivity index (χ2n) is 7.15. The summed E-state index contributed by atoms with van der Waals surface area (Å²) < 4.78 is 8.05. The lowest BCUT2D eigenvalue weighted by atomic mass is 10.1. The van der Waals surface area contributed by atoms with Crippen LogP contribution in [0.1, 0.15) is 17.8 Å². The van der Waals surface area contributed by atoms with Crippen LogP contribution in [-0.2, 0) is 11.8 Å². The number of likely N-dealkylation sites (tertiary alicyclic amines) is 1. The Labute approximate surface area is 168 Å². The lowest BCUT2D eigenvalue weighted by Crippen LogP contribution is -2.28. The summed E-state index contributed by atoms with van der Waals surface area (Å²) in [5, 5.41) is 4.74. The molecule has 7 nitrogen and oxygen atoms in total. The van der Waals surface area contributed by atoms with Crippen molar-refractivity contribution in [2.24, 2.45) is 12.0 Å². The van der Waals surface area contributed by atoms with Crippen molar-refractivity contribution in [2.45, 2.75) is 26.4 Å². The Balaban J connectivity index is 1.50. The Morgan fingerprint density at radius 2 is 2.11 bits per heavy atom. The van der Waals surface area contributed by atoms with E-state index >= 15 is 0 Å². The second-order valence-corrected chi connectivity index (χ2v) is 7.52. The Morgan fingerprint density at radius 1 is 1.29 bits per heavy atom. The molecular weight excluding hydrogens is 378 g/mol.